The molecular formula is C19H21NO3. The number of carbonyl (C=O) groups is 1. The number of nitrogens with zero attached hydrogens (tertiary/aromatic N) is 1. The van der Waals surface area contributed by atoms with Crippen molar-refractivity contribution < 1.29 is 14.7 Å². The molecule has 4 nitrogen and oxygen atoms in total. The molecule has 4 rings (SSSR count). The molecular weight excluding hydrogens is 290 g/mol. The molecule has 1 aromatic rings. The fourth-order valence-electron chi connectivity index (χ4n) is 4.79. The molecule has 0 aliphatic heterocycles. The Morgan fingerprint density at radius 2 is 2.22 bits per heavy atom. The van der Waals surface area contributed by atoms with Gasteiger partial charge in [-0.15, -0.1) is 0 Å². The lowest BCUT2D eigenvalue weighted by Gasteiger charge is -2.43. The van der Waals surface area contributed by atoms with E-state index >= 15 is 0 Å². The zero-order chi connectivity index (χ0) is 16.2. The number of rotatable bonds is 1. The summed E-state index contributed by atoms with van der Waals surface area (Å²) in [4.78, 5) is 12.6. The van der Waals surface area contributed by atoms with Crippen LogP contribution in [0.15, 0.2) is 35.0 Å². The third kappa shape index (κ3) is 1.90. The van der Waals surface area contributed by atoms with Gasteiger partial charge in [-0.3, -0.25) is 4.79 Å². The van der Waals surface area contributed by atoms with E-state index in [-0.39, 0.29) is 11.7 Å². The SMILES string of the molecule is COc1ccc2c(c1)CC=C1[C@@H]2CC[C@]2(C)C(=O)/C(=N/O)C[C@@H]12. The first-order chi connectivity index (χ1) is 11.1. The van der Waals surface area contributed by atoms with Gasteiger partial charge in [-0.05, 0) is 48.4 Å². The van der Waals surface area contributed by atoms with Crippen molar-refractivity contribution in [2.24, 2.45) is 16.5 Å². The van der Waals surface area contributed by atoms with Gasteiger partial charge in [0.1, 0.15) is 11.5 Å². The molecule has 23 heavy (non-hydrogen) atoms. The van der Waals surface area contributed by atoms with E-state index in [0.717, 1.165) is 25.0 Å². The number of oxime groups is 1. The molecule has 3 aliphatic rings. The maximum Gasteiger partial charge on any atom is 0.186 e. The van der Waals surface area contributed by atoms with Gasteiger partial charge < -0.3 is 9.94 Å². The second-order valence-corrected chi connectivity index (χ2v) is 7.11. The monoisotopic (exact) mass is 311 g/mol. The summed E-state index contributed by atoms with van der Waals surface area (Å²) >= 11 is 0. The van der Waals surface area contributed by atoms with Gasteiger partial charge in [0.05, 0.1) is 7.11 Å². The average Bonchev–Trinajstić information content (AvgIpc) is 2.85. The number of allylic oxidation sites excluding steroid dienone is 2. The topological polar surface area (TPSA) is 58.9 Å². The molecule has 4 heteroatoms. The molecule has 0 bridgehead atoms. The van der Waals surface area contributed by atoms with Crippen molar-refractivity contribution in [2.45, 2.75) is 38.5 Å². The molecule has 0 amide bonds. The Bertz CT molecular complexity index is 749. The van der Waals surface area contributed by atoms with Crippen LogP contribution in [-0.4, -0.2) is 23.8 Å². The van der Waals surface area contributed by atoms with Crippen molar-refractivity contribution in [3.05, 3.63) is 41.0 Å². The first kappa shape index (κ1) is 14.5. The second-order valence-electron chi connectivity index (χ2n) is 7.11. The van der Waals surface area contributed by atoms with Crippen molar-refractivity contribution in [3.8, 4) is 5.75 Å². The highest BCUT2D eigenvalue weighted by Crippen LogP contribution is 2.57. The van der Waals surface area contributed by atoms with Crippen LogP contribution in [0.2, 0.25) is 0 Å². The van der Waals surface area contributed by atoms with Gasteiger partial charge in [-0.2, -0.15) is 0 Å². The number of fused-ring (bicyclic) bond motifs is 5. The first-order valence-corrected chi connectivity index (χ1v) is 8.21. The fourth-order valence-corrected chi connectivity index (χ4v) is 4.79. The molecule has 0 unspecified atom stereocenters. The Balaban J connectivity index is 1.75. The average molecular weight is 311 g/mol. The van der Waals surface area contributed by atoms with Gasteiger partial charge in [-0.25, -0.2) is 0 Å². The Labute approximate surface area is 135 Å². The Kier molecular flexibility index (Phi) is 3.12. The van der Waals surface area contributed by atoms with E-state index in [1.807, 2.05) is 13.0 Å². The highest BCUT2D eigenvalue weighted by Gasteiger charge is 2.55. The van der Waals surface area contributed by atoms with Crippen LogP contribution in [0, 0.1) is 11.3 Å². The molecule has 2 saturated carbocycles. The number of Topliss-reactive ketones (excluding diaryl/α,β-unsaturated/α-hetero) is 1. The Morgan fingerprint density at radius 3 is 2.96 bits per heavy atom. The largest absolute Gasteiger partial charge is 0.497 e. The first-order valence-electron chi connectivity index (χ1n) is 8.21. The van der Waals surface area contributed by atoms with Crippen LogP contribution in [0.25, 0.3) is 0 Å². The molecule has 120 valence electrons. The van der Waals surface area contributed by atoms with E-state index < -0.39 is 5.41 Å². The molecule has 0 saturated heterocycles. The minimum Gasteiger partial charge on any atom is -0.497 e. The van der Waals surface area contributed by atoms with Crippen molar-refractivity contribution in [2.75, 3.05) is 7.11 Å². The number of ketones is 1. The summed E-state index contributed by atoms with van der Waals surface area (Å²) in [5.41, 5.74) is 4.01. The van der Waals surface area contributed by atoms with E-state index in [9.17, 15) is 4.79 Å². The van der Waals surface area contributed by atoms with Crippen molar-refractivity contribution in [3.63, 3.8) is 0 Å². The molecule has 1 aromatic carbocycles. The van der Waals surface area contributed by atoms with Gasteiger partial charge in [0.15, 0.2) is 5.78 Å². The minimum atomic E-state index is -0.395. The molecule has 2 fully saturated rings. The predicted molar refractivity (Wildman–Crippen MR) is 87.2 cm³/mol. The highest BCUT2D eigenvalue weighted by molar-refractivity contribution is 6.43. The summed E-state index contributed by atoms with van der Waals surface area (Å²) in [6, 6.07) is 6.32. The Hall–Kier alpha value is -2.10. The molecule has 3 aliphatic carbocycles. The van der Waals surface area contributed by atoms with Gasteiger partial charge in [-0.1, -0.05) is 29.8 Å². The zero-order valence-corrected chi connectivity index (χ0v) is 13.5. The maximum absolute atomic E-state index is 12.6. The van der Waals surface area contributed by atoms with Gasteiger partial charge in [0.25, 0.3) is 0 Å². The summed E-state index contributed by atoms with van der Waals surface area (Å²) in [6.07, 6.45) is 5.57. The summed E-state index contributed by atoms with van der Waals surface area (Å²) in [7, 11) is 1.69. The van der Waals surface area contributed by atoms with Crippen LogP contribution < -0.4 is 4.74 Å². The lowest BCUT2D eigenvalue weighted by atomic mass is 9.60. The van der Waals surface area contributed by atoms with Crippen LogP contribution in [0.5, 0.6) is 5.75 Å². The molecule has 0 aromatic heterocycles. The number of methoxy groups -OCH3 is 1. The second kappa shape index (κ2) is 4.95. The third-order valence-corrected chi connectivity index (χ3v) is 6.11. The molecule has 0 spiro atoms. The van der Waals surface area contributed by atoms with E-state index in [1.54, 1.807) is 7.11 Å². The van der Waals surface area contributed by atoms with Crippen LogP contribution in [-0.2, 0) is 11.2 Å². The normalized spacial score (nSPS) is 33.7. The van der Waals surface area contributed by atoms with Crippen LogP contribution in [0.4, 0.5) is 0 Å². The highest BCUT2D eigenvalue weighted by atomic mass is 16.5. The zero-order valence-electron chi connectivity index (χ0n) is 13.5. The molecule has 0 radical (unpaired) electrons. The van der Waals surface area contributed by atoms with Crippen molar-refractivity contribution in [1.29, 1.82) is 0 Å². The smallest absolute Gasteiger partial charge is 0.186 e. The molecule has 3 atom stereocenters. The minimum absolute atomic E-state index is 0.0323. The van der Waals surface area contributed by atoms with Crippen LogP contribution in [0.1, 0.15) is 43.2 Å². The van der Waals surface area contributed by atoms with E-state index in [4.69, 9.17) is 9.94 Å². The van der Waals surface area contributed by atoms with E-state index in [2.05, 4.69) is 23.4 Å². The van der Waals surface area contributed by atoms with Crippen molar-refractivity contribution >= 4 is 11.5 Å². The van der Waals surface area contributed by atoms with Gasteiger partial charge in [0, 0.05) is 17.8 Å². The quantitative estimate of drug-likeness (QED) is 0.491. The standard InChI is InChI=1S/C19H21NO3/c1-19-8-7-14-13-6-4-12(23-2)9-11(13)3-5-15(14)16(19)10-17(20-22)18(19)21/h4-6,9,14,16,22H,3,7-8,10H2,1-2H3/b20-17+/t14-,16+,19+/m1/s1. The number of hydrogen-bond donors (Lipinski definition) is 1. The van der Waals surface area contributed by atoms with Gasteiger partial charge in [0.2, 0.25) is 0 Å². The third-order valence-electron chi connectivity index (χ3n) is 6.11. The number of ether oxygens (including phenoxy) is 1. The van der Waals surface area contributed by atoms with Crippen LogP contribution >= 0.6 is 0 Å². The summed E-state index contributed by atoms with van der Waals surface area (Å²) < 4.78 is 5.34. The van der Waals surface area contributed by atoms with Crippen LogP contribution in [0.3, 0.4) is 0 Å². The lowest BCUT2D eigenvalue weighted by molar-refractivity contribution is -0.122. The summed E-state index contributed by atoms with van der Waals surface area (Å²) in [5, 5.41) is 12.4. The van der Waals surface area contributed by atoms with Crippen molar-refractivity contribution in [1.82, 2.24) is 0 Å². The maximum atomic E-state index is 12.6. The molecule has 1 N–H and O–H groups in total. The number of carbonyl (C=O) groups excluding carboxylic acids is 1. The summed E-state index contributed by atoms with van der Waals surface area (Å²) in [6.45, 7) is 2.04. The summed E-state index contributed by atoms with van der Waals surface area (Å²) in [5.74, 6) is 1.49. The lowest BCUT2D eigenvalue weighted by Crippen LogP contribution is -2.37. The number of benzene rings is 1. The van der Waals surface area contributed by atoms with E-state index in [0.29, 0.717) is 18.1 Å². The number of hydrogen-bond acceptors (Lipinski definition) is 4. The van der Waals surface area contributed by atoms with E-state index in [1.165, 1.54) is 16.7 Å². The van der Waals surface area contributed by atoms with Gasteiger partial charge >= 0.3 is 0 Å². The predicted octanol–water partition coefficient (Wildman–Crippen LogP) is 3.48. The fraction of sp³-hybridized carbons (Fsp3) is 0.474. The Morgan fingerprint density at radius 1 is 1.39 bits per heavy atom. The molecule has 0 heterocycles.